The SMILES string of the molecule is C=C1CC2C=Nc3cc(OCCC)c(OC)cc3C(=O)N2C1. The number of rotatable bonds is 4. The monoisotopic (exact) mass is 300 g/mol. The number of amides is 1. The number of hydrogen-bond acceptors (Lipinski definition) is 4. The maximum Gasteiger partial charge on any atom is 0.257 e. The van der Waals surface area contributed by atoms with Crippen LogP contribution in [-0.2, 0) is 0 Å². The van der Waals surface area contributed by atoms with Gasteiger partial charge in [-0.1, -0.05) is 19.1 Å². The Bertz CT molecular complexity index is 652. The summed E-state index contributed by atoms with van der Waals surface area (Å²) >= 11 is 0. The van der Waals surface area contributed by atoms with Gasteiger partial charge in [0.2, 0.25) is 0 Å². The molecule has 1 aromatic carbocycles. The average Bonchev–Trinajstić information content (AvgIpc) is 2.85. The Morgan fingerprint density at radius 3 is 2.95 bits per heavy atom. The van der Waals surface area contributed by atoms with Gasteiger partial charge < -0.3 is 14.4 Å². The van der Waals surface area contributed by atoms with E-state index in [0.717, 1.165) is 18.4 Å². The molecule has 0 bridgehead atoms. The lowest BCUT2D eigenvalue weighted by atomic mass is 10.1. The standard InChI is InChI=1S/C17H20N2O3/c1-4-5-22-16-8-14-13(7-15(16)21-3)17(20)19-10-11(2)6-12(19)9-18-14/h7-9,12H,2,4-6,10H2,1,3H3. The lowest BCUT2D eigenvalue weighted by Crippen LogP contribution is -2.35. The molecule has 2 aliphatic heterocycles. The molecule has 0 aliphatic carbocycles. The topological polar surface area (TPSA) is 51.1 Å². The smallest absolute Gasteiger partial charge is 0.257 e. The van der Waals surface area contributed by atoms with Crippen LogP contribution in [0.4, 0.5) is 5.69 Å². The predicted molar refractivity (Wildman–Crippen MR) is 85.5 cm³/mol. The first-order chi connectivity index (χ1) is 10.6. The van der Waals surface area contributed by atoms with Gasteiger partial charge in [-0.2, -0.15) is 0 Å². The first kappa shape index (κ1) is 14.6. The van der Waals surface area contributed by atoms with Gasteiger partial charge in [0.05, 0.1) is 31.0 Å². The van der Waals surface area contributed by atoms with Gasteiger partial charge in [0, 0.05) is 18.8 Å². The number of hydrogen-bond donors (Lipinski definition) is 0. The molecule has 1 saturated heterocycles. The summed E-state index contributed by atoms with van der Waals surface area (Å²) < 4.78 is 11.1. The van der Waals surface area contributed by atoms with Crippen LogP contribution in [0.15, 0.2) is 29.3 Å². The normalized spacial score (nSPS) is 19.7. The van der Waals surface area contributed by atoms with Crippen molar-refractivity contribution >= 4 is 17.8 Å². The fourth-order valence-corrected chi connectivity index (χ4v) is 2.82. The lowest BCUT2D eigenvalue weighted by Gasteiger charge is -2.20. The minimum atomic E-state index is -0.0310. The molecule has 116 valence electrons. The summed E-state index contributed by atoms with van der Waals surface area (Å²) in [6, 6.07) is 3.51. The summed E-state index contributed by atoms with van der Waals surface area (Å²) in [5, 5.41) is 0. The van der Waals surface area contributed by atoms with Gasteiger partial charge >= 0.3 is 0 Å². The van der Waals surface area contributed by atoms with Crippen LogP contribution in [-0.4, -0.2) is 43.3 Å². The highest BCUT2D eigenvalue weighted by Crippen LogP contribution is 2.38. The van der Waals surface area contributed by atoms with Crippen molar-refractivity contribution in [3.63, 3.8) is 0 Å². The first-order valence-electron chi connectivity index (χ1n) is 7.50. The van der Waals surface area contributed by atoms with Crippen LogP contribution in [0.1, 0.15) is 30.1 Å². The predicted octanol–water partition coefficient (Wildman–Crippen LogP) is 2.97. The molecule has 0 radical (unpaired) electrons. The summed E-state index contributed by atoms with van der Waals surface area (Å²) in [5.74, 6) is 1.16. The molecule has 2 aliphatic rings. The third kappa shape index (κ3) is 2.47. The number of benzene rings is 1. The second kappa shape index (κ2) is 5.83. The highest BCUT2D eigenvalue weighted by molar-refractivity contribution is 6.03. The fourth-order valence-electron chi connectivity index (χ4n) is 2.82. The molecule has 0 aromatic heterocycles. The summed E-state index contributed by atoms with van der Waals surface area (Å²) in [7, 11) is 1.57. The molecule has 0 saturated carbocycles. The van der Waals surface area contributed by atoms with Gasteiger partial charge in [-0.05, 0) is 18.9 Å². The zero-order valence-corrected chi connectivity index (χ0v) is 13.0. The molecule has 3 rings (SSSR count). The van der Waals surface area contributed by atoms with E-state index in [1.807, 2.05) is 18.0 Å². The third-order valence-electron chi connectivity index (χ3n) is 3.91. The van der Waals surface area contributed by atoms with Crippen molar-refractivity contribution < 1.29 is 14.3 Å². The van der Waals surface area contributed by atoms with Crippen molar-refractivity contribution in [1.82, 2.24) is 4.90 Å². The van der Waals surface area contributed by atoms with E-state index in [9.17, 15) is 4.79 Å². The lowest BCUT2D eigenvalue weighted by molar-refractivity contribution is 0.0777. The molecule has 22 heavy (non-hydrogen) atoms. The van der Waals surface area contributed by atoms with E-state index in [1.54, 1.807) is 19.2 Å². The molecule has 1 fully saturated rings. The Balaban J connectivity index is 2.02. The van der Waals surface area contributed by atoms with E-state index in [4.69, 9.17) is 9.47 Å². The second-order valence-corrected chi connectivity index (χ2v) is 5.60. The molecule has 1 aromatic rings. The fraction of sp³-hybridized carbons (Fsp3) is 0.412. The minimum absolute atomic E-state index is 0.00148. The van der Waals surface area contributed by atoms with E-state index in [0.29, 0.717) is 35.9 Å². The highest BCUT2D eigenvalue weighted by atomic mass is 16.5. The zero-order chi connectivity index (χ0) is 15.7. The maximum absolute atomic E-state index is 12.8. The molecule has 0 spiro atoms. The van der Waals surface area contributed by atoms with Crippen LogP contribution < -0.4 is 9.47 Å². The van der Waals surface area contributed by atoms with Crippen LogP contribution >= 0.6 is 0 Å². The van der Waals surface area contributed by atoms with Crippen molar-refractivity contribution in [3.05, 3.63) is 29.8 Å². The van der Waals surface area contributed by atoms with Gasteiger partial charge in [0.1, 0.15) is 0 Å². The van der Waals surface area contributed by atoms with Crippen molar-refractivity contribution in [1.29, 1.82) is 0 Å². The molecule has 5 nitrogen and oxygen atoms in total. The van der Waals surface area contributed by atoms with Gasteiger partial charge in [0.25, 0.3) is 5.91 Å². The Labute approximate surface area is 130 Å². The number of methoxy groups -OCH3 is 1. The van der Waals surface area contributed by atoms with Crippen molar-refractivity contribution in [2.45, 2.75) is 25.8 Å². The summed E-state index contributed by atoms with van der Waals surface area (Å²) in [6.45, 7) is 7.21. The molecule has 2 heterocycles. The molecule has 5 heteroatoms. The average molecular weight is 300 g/mol. The Morgan fingerprint density at radius 2 is 2.23 bits per heavy atom. The summed E-state index contributed by atoms with van der Waals surface area (Å²) in [4.78, 5) is 19.1. The number of ether oxygens (including phenoxy) is 2. The third-order valence-corrected chi connectivity index (χ3v) is 3.91. The number of carbonyl (C=O) groups is 1. The van der Waals surface area contributed by atoms with Crippen molar-refractivity contribution in [2.24, 2.45) is 4.99 Å². The maximum atomic E-state index is 12.8. The highest BCUT2D eigenvalue weighted by Gasteiger charge is 2.34. The van der Waals surface area contributed by atoms with Gasteiger partial charge in [0.15, 0.2) is 11.5 Å². The molecule has 0 N–H and O–H groups in total. The molecular weight excluding hydrogens is 280 g/mol. The van der Waals surface area contributed by atoms with E-state index < -0.39 is 0 Å². The number of nitrogens with zero attached hydrogens (tertiary/aromatic N) is 2. The summed E-state index contributed by atoms with van der Waals surface area (Å²) in [6.07, 6.45) is 3.51. The second-order valence-electron chi connectivity index (χ2n) is 5.60. The summed E-state index contributed by atoms with van der Waals surface area (Å²) in [5.41, 5.74) is 2.24. The van der Waals surface area contributed by atoms with Crippen molar-refractivity contribution in [2.75, 3.05) is 20.3 Å². The van der Waals surface area contributed by atoms with E-state index in [-0.39, 0.29) is 11.9 Å². The Morgan fingerprint density at radius 1 is 1.41 bits per heavy atom. The van der Waals surface area contributed by atoms with Gasteiger partial charge in [-0.25, -0.2) is 0 Å². The van der Waals surface area contributed by atoms with Crippen molar-refractivity contribution in [3.8, 4) is 11.5 Å². The molecule has 1 atom stereocenters. The Kier molecular flexibility index (Phi) is 3.88. The number of fused-ring (bicyclic) bond motifs is 2. The van der Waals surface area contributed by atoms with Crippen LogP contribution in [0.25, 0.3) is 0 Å². The van der Waals surface area contributed by atoms with Crippen LogP contribution in [0.5, 0.6) is 11.5 Å². The van der Waals surface area contributed by atoms with E-state index in [2.05, 4.69) is 11.6 Å². The van der Waals surface area contributed by atoms with Gasteiger partial charge in [-0.15, -0.1) is 0 Å². The number of aliphatic imine (C=N–C) groups is 1. The first-order valence-corrected chi connectivity index (χ1v) is 7.50. The molecule has 1 amide bonds. The minimum Gasteiger partial charge on any atom is -0.493 e. The van der Waals surface area contributed by atoms with E-state index in [1.165, 1.54) is 0 Å². The largest absolute Gasteiger partial charge is 0.493 e. The molecular formula is C17H20N2O3. The Hall–Kier alpha value is -2.30. The quantitative estimate of drug-likeness (QED) is 0.803. The zero-order valence-electron chi connectivity index (χ0n) is 13.0. The molecule has 1 unspecified atom stereocenters. The van der Waals surface area contributed by atoms with Crippen LogP contribution in [0.3, 0.4) is 0 Å². The van der Waals surface area contributed by atoms with Crippen LogP contribution in [0, 0.1) is 0 Å². The van der Waals surface area contributed by atoms with Crippen LogP contribution in [0.2, 0.25) is 0 Å². The van der Waals surface area contributed by atoms with E-state index >= 15 is 0 Å². The van der Waals surface area contributed by atoms with Gasteiger partial charge in [-0.3, -0.25) is 9.79 Å². The number of carbonyl (C=O) groups excluding carboxylic acids is 1.